The number of cyclic esters (lactones) is 2. The molecule has 1 aromatic carbocycles. The molecule has 3 heteroatoms. The zero-order chi connectivity index (χ0) is 11.1. The Balaban J connectivity index is 2.13. The van der Waals surface area contributed by atoms with Crippen molar-refractivity contribution in [2.45, 2.75) is 32.1 Å². The third kappa shape index (κ3) is 1.43. The molecular weight excluding hydrogens is 204 g/mol. The van der Waals surface area contributed by atoms with Gasteiger partial charge in [-0.05, 0) is 48.4 Å². The Hall–Kier alpha value is -1.64. The minimum absolute atomic E-state index is 0.231. The van der Waals surface area contributed by atoms with Crippen molar-refractivity contribution in [1.29, 1.82) is 0 Å². The van der Waals surface area contributed by atoms with Gasteiger partial charge in [-0.15, -0.1) is 0 Å². The van der Waals surface area contributed by atoms with Crippen molar-refractivity contribution in [3.8, 4) is 0 Å². The Bertz CT molecular complexity index is 488. The predicted molar refractivity (Wildman–Crippen MR) is 57.2 cm³/mol. The van der Waals surface area contributed by atoms with Crippen molar-refractivity contribution in [3.05, 3.63) is 34.4 Å². The van der Waals surface area contributed by atoms with Gasteiger partial charge in [0.2, 0.25) is 0 Å². The second kappa shape index (κ2) is 3.44. The van der Waals surface area contributed by atoms with Gasteiger partial charge in [-0.2, -0.15) is 0 Å². The average Bonchev–Trinajstić information content (AvgIpc) is 2.27. The van der Waals surface area contributed by atoms with E-state index < -0.39 is 11.9 Å². The van der Waals surface area contributed by atoms with E-state index in [4.69, 9.17) is 0 Å². The van der Waals surface area contributed by atoms with Crippen LogP contribution in [0.4, 0.5) is 0 Å². The summed E-state index contributed by atoms with van der Waals surface area (Å²) in [6.07, 6.45) is 4.70. The number of fused-ring (bicyclic) bond motifs is 2. The molecule has 1 aliphatic heterocycles. The molecule has 2 aliphatic rings. The van der Waals surface area contributed by atoms with Crippen LogP contribution in [-0.2, 0) is 28.8 Å². The normalized spacial score (nSPS) is 18.8. The molecule has 0 bridgehead atoms. The number of benzene rings is 1. The Morgan fingerprint density at radius 1 is 0.938 bits per heavy atom. The third-order valence-electron chi connectivity index (χ3n) is 3.33. The topological polar surface area (TPSA) is 43.4 Å². The van der Waals surface area contributed by atoms with Crippen LogP contribution in [0.5, 0.6) is 0 Å². The number of rotatable bonds is 0. The first-order valence-corrected chi connectivity index (χ1v) is 5.64. The Labute approximate surface area is 93.4 Å². The zero-order valence-corrected chi connectivity index (χ0v) is 8.91. The smallest absolute Gasteiger partial charge is 0.346 e. The first kappa shape index (κ1) is 9.58. The summed E-state index contributed by atoms with van der Waals surface area (Å²) in [6.45, 7) is 0. The number of ether oxygens (including phenoxy) is 1. The third-order valence-corrected chi connectivity index (χ3v) is 3.33. The highest BCUT2D eigenvalue weighted by atomic mass is 16.6. The summed E-state index contributed by atoms with van der Waals surface area (Å²) in [7, 11) is 0. The molecule has 82 valence electrons. The molecule has 1 heterocycles. The van der Waals surface area contributed by atoms with Gasteiger partial charge in [0.15, 0.2) is 0 Å². The van der Waals surface area contributed by atoms with Crippen molar-refractivity contribution in [2.24, 2.45) is 0 Å². The molecule has 3 rings (SSSR count). The Morgan fingerprint density at radius 3 is 2.38 bits per heavy atom. The SMILES string of the molecule is O=C1Cc2cc3c(cc2C(=O)O1)CCCC3. The molecule has 0 saturated heterocycles. The van der Waals surface area contributed by atoms with Crippen LogP contribution in [0.1, 0.15) is 39.9 Å². The molecule has 0 fully saturated rings. The van der Waals surface area contributed by atoms with E-state index in [1.165, 1.54) is 24.0 Å². The van der Waals surface area contributed by atoms with E-state index in [0.717, 1.165) is 18.4 Å². The number of aryl methyl sites for hydroxylation is 2. The van der Waals surface area contributed by atoms with Gasteiger partial charge in [-0.1, -0.05) is 6.07 Å². The van der Waals surface area contributed by atoms with Crippen molar-refractivity contribution < 1.29 is 14.3 Å². The van der Waals surface area contributed by atoms with Crippen LogP contribution in [0.3, 0.4) is 0 Å². The fourth-order valence-corrected chi connectivity index (χ4v) is 2.52. The lowest BCUT2D eigenvalue weighted by atomic mass is 9.87. The van der Waals surface area contributed by atoms with Crippen LogP contribution in [0, 0.1) is 0 Å². The number of hydrogen-bond donors (Lipinski definition) is 0. The monoisotopic (exact) mass is 216 g/mol. The van der Waals surface area contributed by atoms with E-state index in [2.05, 4.69) is 4.74 Å². The molecule has 0 spiro atoms. The van der Waals surface area contributed by atoms with Crippen LogP contribution in [-0.4, -0.2) is 11.9 Å². The van der Waals surface area contributed by atoms with E-state index in [-0.39, 0.29) is 6.42 Å². The Morgan fingerprint density at radius 2 is 1.62 bits per heavy atom. The molecule has 3 nitrogen and oxygen atoms in total. The van der Waals surface area contributed by atoms with Crippen molar-refractivity contribution in [3.63, 3.8) is 0 Å². The molecule has 0 unspecified atom stereocenters. The molecule has 16 heavy (non-hydrogen) atoms. The number of hydrogen-bond acceptors (Lipinski definition) is 3. The zero-order valence-electron chi connectivity index (χ0n) is 8.91. The van der Waals surface area contributed by atoms with Gasteiger partial charge < -0.3 is 4.74 Å². The first-order valence-electron chi connectivity index (χ1n) is 5.64. The van der Waals surface area contributed by atoms with E-state index in [1.54, 1.807) is 0 Å². The molecule has 0 aromatic heterocycles. The molecular formula is C13H12O3. The predicted octanol–water partition coefficient (Wildman–Crippen LogP) is 1.80. The number of esters is 2. The van der Waals surface area contributed by atoms with E-state index in [0.29, 0.717) is 5.56 Å². The molecule has 1 aliphatic carbocycles. The minimum Gasteiger partial charge on any atom is -0.389 e. The molecule has 0 saturated carbocycles. The fourth-order valence-electron chi connectivity index (χ4n) is 2.52. The van der Waals surface area contributed by atoms with Crippen LogP contribution in [0.15, 0.2) is 12.1 Å². The summed E-state index contributed by atoms with van der Waals surface area (Å²) >= 11 is 0. The maximum absolute atomic E-state index is 11.5. The lowest BCUT2D eigenvalue weighted by Gasteiger charge is -2.21. The average molecular weight is 216 g/mol. The van der Waals surface area contributed by atoms with Crippen molar-refractivity contribution >= 4 is 11.9 Å². The van der Waals surface area contributed by atoms with Gasteiger partial charge in [-0.25, -0.2) is 4.79 Å². The highest BCUT2D eigenvalue weighted by Gasteiger charge is 2.26. The van der Waals surface area contributed by atoms with Crippen LogP contribution in [0.25, 0.3) is 0 Å². The minimum atomic E-state index is -0.486. The number of carbonyl (C=O) groups excluding carboxylic acids is 2. The number of carbonyl (C=O) groups is 2. The lowest BCUT2D eigenvalue weighted by molar-refractivity contribution is -0.137. The highest BCUT2D eigenvalue weighted by molar-refractivity contribution is 6.02. The second-order valence-electron chi connectivity index (χ2n) is 4.42. The molecule has 1 aromatic rings. The van der Waals surface area contributed by atoms with Crippen LogP contribution < -0.4 is 0 Å². The summed E-state index contributed by atoms with van der Waals surface area (Å²) in [5.74, 6) is -0.923. The summed E-state index contributed by atoms with van der Waals surface area (Å²) < 4.78 is 4.63. The van der Waals surface area contributed by atoms with Gasteiger partial charge in [0.1, 0.15) is 0 Å². The quantitative estimate of drug-likeness (QED) is 0.490. The van der Waals surface area contributed by atoms with Crippen LogP contribution >= 0.6 is 0 Å². The summed E-state index contributed by atoms with van der Waals surface area (Å²) in [4.78, 5) is 22.7. The fraction of sp³-hybridized carbons (Fsp3) is 0.385. The van der Waals surface area contributed by atoms with Crippen molar-refractivity contribution in [1.82, 2.24) is 0 Å². The van der Waals surface area contributed by atoms with Gasteiger partial charge in [0.05, 0.1) is 12.0 Å². The van der Waals surface area contributed by atoms with Gasteiger partial charge >= 0.3 is 11.9 Å². The maximum Gasteiger partial charge on any atom is 0.346 e. The van der Waals surface area contributed by atoms with Crippen molar-refractivity contribution in [2.75, 3.05) is 0 Å². The molecule has 0 radical (unpaired) electrons. The highest BCUT2D eigenvalue weighted by Crippen LogP contribution is 2.27. The largest absolute Gasteiger partial charge is 0.389 e. The van der Waals surface area contributed by atoms with E-state index in [1.807, 2.05) is 12.1 Å². The van der Waals surface area contributed by atoms with E-state index >= 15 is 0 Å². The van der Waals surface area contributed by atoms with Gasteiger partial charge in [0.25, 0.3) is 0 Å². The standard InChI is InChI=1S/C13H12O3/c14-12-7-10-5-8-3-1-2-4-9(8)6-11(10)13(15)16-12/h5-6H,1-4,7H2. The molecule has 0 atom stereocenters. The molecule has 0 amide bonds. The Kier molecular flexibility index (Phi) is 2.06. The summed E-state index contributed by atoms with van der Waals surface area (Å²) in [5, 5.41) is 0. The maximum atomic E-state index is 11.5. The van der Waals surface area contributed by atoms with Gasteiger partial charge in [-0.3, -0.25) is 4.79 Å². The van der Waals surface area contributed by atoms with Gasteiger partial charge in [0, 0.05) is 0 Å². The summed E-state index contributed by atoms with van der Waals surface area (Å²) in [5.41, 5.74) is 3.96. The summed E-state index contributed by atoms with van der Waals surface area (Å²) in [6, 6.07) is 3.93. The first-order chi connectivity index (χ1) is 7.74. The van der Waals surface area contributed by atoms with E-state index in [9.17, 15) is 9.59 Å². The van der Waals surface area contributed by atoms with Crippen LogP contribution in [0.2, 0.25) is 0 Å². The molecule has 0 N–H and O–H groups in total. The second-order valence-corrected chi connectivity index (χ2v) is 4.42. The lowest BCUT2D eigenvalue weighted by Crippen LogP contribution is -2.24.